The molecule has 3 aromatic rings. The fourth-order valence-corrected chi connectivity index (χ4v) is 3.00. The summed E-state index contributed by atoms with van der Waals surface area (Å²) < 4.78 is 7.29. The van der Waals surface area contributed by atoms with E-state index in [1.165, 1.54) is 18.5 Å². The van der Waals surface area contributed by atoms with Gasteiger partial charge in [-0.25, -0.2) is 4.79 Å². The molecule has 2 N–H and O–H groups in total. The van der Waals surface area contributed by atoms with Gasteiger partial charge < -0.3 is 14.7 Å². The number of benzene rings is 1. The normalized spacial score (nSPS) is 12.3. The van der Waals surface area contributed by atoms with Crippen molar-refractivity contribution >= 4 is 11.6 Å². The molecule has 9 nitrogen and oxygen atoms in total. The Kier molecular flexibility index (Phi) is 5.78. The van der Waals surface area contributed by atoms with Crippen LogP contribution in [0.25, 0.3) is 0 Å². The third kappa shape index (κ3) is 3.91. The number of hydrogen-bond acceptors (Lipinski definition) is 7. The minimum absolute atomic E-state index is 0.0636. The van der Waals surface area contributed by atoms with Gasteiger partial charge in [-0.15, -0.1) is 0 Å². The quantitative estimate of drug-likeness (QED) is 0.617. The van der Waals surface area contributed by atoms with Crippen molar-refractivity contribution in [3.63, 3.8) is 0 Å². The molecule has 0 amide bonds. The highest BCUT2D eigenvalue weighted by Gasteiger charge is 2.18. The van der Waals surface area contributed by atoms with Crippen molar-refractivity contribution in [1.29, 1.82) is 0 Å². The maximum absolute atomic E-state index is 12.4. The van der Waals surface area contributed by atoms with E-state index in [9.17, 15) is 19.8 Å². The Balaban J connectivity index is 1.81. The summed E-state index contributed by atoms with van der Waals surface area (Å²) in [6.45, 7) is 0.911. The smallest absolute Gasteiger partial charge is 0.331 e. The van der Waals surface area contributed by atoms with Gasteiger partial charge in [-0.3, -0.25) is 13.9 Å². The lowest BCUT2D eigenvalue weighted by Gasteiger charge is -2.11. The number of hydrogen-bond donors (Lipinski definition) is 2. The Morgan fingerprint density at radius 2 is 1.93 bits per heavy atom. The molecule has 0 saturated carbocycles. The first-order chi connectivity index (χ1) is 13.3. The number of aromatic nitrogens is 4. The average Bonchev–Trinajstić information content (AvgIpc) is 3.11. The minimum atomic E-state index is -0.857. The van der Waals surface area contributed by atoms with Gasteiger partial charge >= 0.3 is 5.69 Å². The maximum Gasteiger partial charge on any atom is 0.331 e. The van der Waals surface area contributed by atoms with Crippen LogP contribution in [0.5, 0.6) is 0 Å². The molecule has 2 heterocycles. The van der Waals surface area contributed by atoms with E-state index >= 15 is 0 Å². The first-order valence-electron chi connectivity index (χ1n) is 8.47. The van der Waals surface area contributed by atoms with Gasteiger partial charge in [-0.2, -0.15) is 4.98 Å². The molecule has 0 saturated heterocycles. The molecule has 3 rings (SSSR count). The van der Waals surface area contributed by atoms with E-state index in [0.717, 1.165) is 4.57 Å². The van der Waals surface area contributed by atoms with Gasteiger partial charge in [0.1, 0.15) is 6.54 Å². The number of aliphatic hydroxyl groups excluding tert-OH is 2. The Morgan fingerprint density at radius 1 is 1.25 bits per heavy atom. The zero-order chi connectivity index (χ0) is 20.4. The lowest BCUT2D eigenvalue weighted by atomic mass is 10.1. The predicted octanol–water partition coefficient (Wildman–Crippen LogP) is 0.709. The van der Waals surface area contributed by atoms with Gasteiger partial charge in [0.2, 0.25) is 5.89 Å². The fraction of sp³-hybridized carbons (Fsp3) is 0.333. The minimum Gasteiger partial charge on any atom is -0.390 e. The second kappa shape index (κ2) is 8.09. The van der Waals surface area contributed by atoms with Crippen LogP contribution in [0, 0.1) is 6.92 Å². The average molecular weight is 407 g/mol. The van der Waals surface area contributed by atoms with Gasteiger partial charge in [0, 0.05) is 24.1 Å². The first kappa shape index (κ1) is 20.0. The fourth-order valence-electron chi connectivity index (χ4n) is 2.87. The monoisotopic (exact) mass is 406 g/mol. The van der Waals surface area contributed by atoms with Crippen LogP contribution in [0.2, 0.25) is 5.02 Å². The molecule has 1 atom stereocenters. The van der Waals surface area contributed by atoms with Crippen LogP contribution in [-0.4, -0.2) is 29.5 Å². The summed E-state index contributed by atoms with van der Waals surface area (Å²) in [5, 5.41) is 24.0. The zero-order valence-electron chi connectivity index (χ0n) is 15.3. The molecular weight excluding hydrogens is 388 g/mol. The zero-order valence-corrected chi connectivity index (χ0v) is 16.0. The molecule has 1 aromatic carbocycles. The van der Waals surface area contributed by atoms with Gasteiger partial charge in [0.05, 0.1) is 18.4 Å². The van der Waals surface area contributed by atoms with Gasteiger partial charge in [-0.05, 0) is 24.6 Å². The van der Waals surface area contributed by atoms with Gasteiger partial charge in [-0.1, -0.05) is 28.9 Å². The lowest BCUT2D eigenvalue weighted by Crippen LogP contribution is -2.42. The third-order valence-corrected chi connectivity index (χ3v) is 4.76. The molecule has 0 radical (unpaired) electrons. The summed E-state index contributed by atoms with van der Waals surface area (Å²) in [6, 6.07) is 6.73. The molecule has 0 aliphatic rings. The third-order valence-electron chi connectivity index (χ3n) is 4.51. The van der Waals surface area contributed by atoms with Crippen molar-refractivity contribution in [2.24, 2.45) is 7.05 Å². The van der Waals surface area contributed by atoms with E-state index < -0.39 is 24.0 Å². The largest absolute Gasteiger partial charge is 0.390 e. The summed E-state index contributed by atoms with van der Waals surface area (Å²) in [7, 11) is 1.47. The molecule has 0 bridgehead atoms. The van der Waals surface area contributed by atoms with Crippen LogP contribution in [0.1, 0.15) is 34.6 Å². The van der Waals surface area contributed by atoms with E-state index in [2.05, 4.69) is 10.1 Å². The lowest BCUT2D eigenvalue weighted by molar-refractivity contribution is 0.174. The first-order valence-corrected chi connectivity index (χ1v) is 8.84. The van der Waals surface area contributed by atoms with Crippen molar-refractivity contribution in [3.8, 4) is 0 Å². The SMILES string of the molecule is Cc1c(CO)n(C)c(=O)n(Cc2nc(C[C@H](O)c3ccc(Cl)cc3)no2)c1=O. The van der Waals surface area contributed by atoms with Crippen LogP contribution in [-0.2, 0) is 26.6 Å². The maximum atomic E-state index is 12.4. The molecule has 28 heavy (non-hydrogen) atoms. The van der Waals surface area contributed by atoms with E-state index in [1.807, 2.05) is 0 Å². The Hall–Kier alpha value is -2.75. The Morgan fingerprint density at radius 3 is 2.57 bits per heavy atom. The highest BCUT2D eigenvalue weighted by atomic mass is 35.5. The van der Waals surface area contributed by atoms with E-state index in [0.29, 0.717) is 10.6 Å². The Bertz CT molecular complexity index is 1060. The molecule has 0 unspecified atom stereocenters. The van der Waals surface area contributed by atoms with Crippen molar-refractivity contribution in [2.45, 2.75) is 32.6 Å². The second-order valence-corrected chi connectivity index (χ2v) is 6.77. The van der Waals surface area contributed by atoms with Crippen LogP contribution in [0.15, 0.2) is 38.4 Å². The van der Waals surface area contributed by atoms with Gasteiger partial charge in [0.25, 0.3) is 5.56 Å². The number of rotatable bonds is 6. The topological polar surface area (TPSA) is 123 Å². The van der Waals surface area contributed by atoms with Gasteiger partial charge in [0.15, 0.2) is 5.82 Å². The van der Waals surface area contributed by atoms with Crippen molar-refractivity contribution < 1.29 is 14.7 Å². The second-order valence-electron chi connectivity index (χ2n) is 6.34. The van der Waals surface area contributed by atoms with Crippen LogP contribution in [0.4, 0.5) is 0 Å². The molecule has 10 heteroatoms. The van der Waals surface area contributed by atoms with Crippen molar-refractivity contribution in [1.82, 2.24) is 19.3 Å². The summed E-state index contributed by atoms with van der Waals surface area (Å²) in [6.07, 6.45) is -0.759. The molecule has 0 spiro atoms. The van der Waals surface area contributed by atoms with E-state index in [-0.39, 0.29) is 35.9 Å². The summed E-state index contributed by atoms with van der Waals surface area (Å²) in [5.74, 6) is 0.305. The number of nitrogens with zero attached hydrogens (tertiary/aromatic N) is 4. The molecule has 0 aliphatic heterocycles. The van der Waals surface area contributed by atoms with Crippen LogP contribution >= 0.6 is 11.6 Å². The molecule has 0 fully saturated rings. The summed E-state index contributed by atoms with van der Waals surface area (Å²) in [5.41, 5.74) is 0.0378. The number of aliphatic hydroxyl groups is 2. The summed E-state index contributed by atoms with van der Waals surface area (Å²) in [4.78, 5) is 29.0. The highest BCUT2D eigenvalue weighted by Crippen LogP contribution is 2.19. The summed E-state index contributed by atoms with van der Waals surface area (Å²) >= 11 is 5.83. The van der Waals surface area contributed by atoms with Crippen molar-refractivity contribution in [2.75, 3.05) is 0 Å². The van der Waals surface area contributed by atoms with Crippen LogP contribution in [0.3, 0.4) is 0 Å². The van der Waals surface area contributed by atoms with Crippen LogP contribution < -0.4 is 11.2 Å². The molecule has 2 aromatic heterocycles. The standard InChI is InChI=1S/C18H19ClN4O5/c1-10-13(9-24)22(2)18(27)23(17(10)26)8-16-20-15(21-28-16)7-14(25)11-3-5-12(19)6-4-11/h3-6,14,24-25H,7-9H2,1-2H3/t14-/m0/s1. The predicted molar refractivity (Wildman–Crippen MR) is 100 cm³/mol. The van der Waals surface area contributed by atoms with E-state index in [1.54, 1.807) is 24.3 Å². The Labute approximate surface area is 164 Å². The molecule has 0 aliphatic carbocycles. The molecular formula is C18H19ClN4O5. The molecule has 148 valence electrons. The van der Waals surface area contributed by atoms with E-state index in [4.69, 9.17) is 16.1 Å². The highest BCUT2D eigenvalue weighted by molar-refractivity contribution is 6.30. The number of halogens is 1. The van der Waals surface area contributed by atoms with Crippen molar-refractivity contribution in [3.05, 3.63) is 78.7 Å².